The molecule has 0 bridgehead atoms. The number of ether oxygens (including phenoxy) is 1. The van der Waals surface area contributed by atoms with E-state index in [1.807, 2.05) is 25.7 Å². The van der Waals surface area contributed by atoms with E-state index in [-0.39, 0.29) is 17.0 Å². The molecule has 1 aliphatic heterocycles. The molecule has 22 heavy (non-hydrogen) atoms. The van der Waals surface area contributed by atoms with Gasteiger partial charge in [0.15, 0.2) is 0 Å². The van der Waals surface area contributed by atoms with E-state index in [0.29, 0.717) is 0 Å². The summed E-state index contributed by atoms with van der Waals surface area (Å²) < 4.78 is 5.43. The Bertz CT molecular complexity index is 403. The molecule has 0 unspecified atom stereocenters. The number of carbonyl (C=O) groups excluding carboxylic acids is 1. The minimum atomic E-state index is -0.419. The molecule has 1 amide bonds. The summed E-state index contributed by atoms with van der Waals surface area (Å²) in [6.07, 6.45) is 3.25. The van der Waals surface area contributed by atoms with Crippen LogP contribution < -0.4 is 5.73 Å². The molecule has 5 heteroatoms. The van der Waals surface area contributed by atoms with Crippen LogP contribution in [0.2, 0.25) is 0 Å². The van der Waals surface area contributed by atoms with Crippen LogP contribution >= 0.6 is 0 Å². The number of nitrogens with zero attached hydrogens (tertiary/aromatic N) is 2. The molecule has 0 spiro atoms. The Labute approximate surface area is 135 Å². The van der Waals surface area contributed by atoms with Crippen LogP contribution in [0.1, 0.15) is 53.9 Å². The Morgan fingerprint density at radius 3 is 2.09 bits per heavy atom. The first-order chi connectivity index (χ1) is 10.0. The van der Waals surface area contributed by atoms with Crippen molar-refractivity contribution in [3.63, 3.8) is 0 Å². The van der Waals surface area contributed by atoms with Crippen LogP contribution in [-0.4, -0.2) is 59.8 Å². The largest absolute Gasteiger partial charge is 0.444 e. The standard InChI is InChI=1S/C17H33N3O2/c1-15(2,3)22-14(21)20-12-10-19(11-13-20)9-8-16(4,5)17(18)6-7-17/h6-13,18H2,1-5H3. The fraction of sp³-hybridized carbons (Fsp3) is 0.941. The molecule has 1 saturated heterocycles. The Hall–Kier alpha value is -0.810. The minimum absolute atomic E-state index is 0.0608. The summed E-state index contributed by atoms with van der Waals surface area (Å²) in [6.45, 7) is 14.7. The van der Waals surface area contributed by atoms with Gasteiger partial charge in [0.1, 0.15) is 5.60 Å². The molecule has 2 fully saturated rings. The quantitative estimate of drug-likeness (QED) is 0.866. The van der Waals surface area contributed by atoms with E-state index in [9.17, 15) is 4.79 Å². The lowest BCUT2D eigenvalue weighted by atomic mass is 9.79. The first kappa shape index (κ1) is 17.5. The third kappa shape index (κ3) is 4.35. The SMILES string of the molecule is CC(C)(C)OC(=O)N1CCN(CCC(C)(C)C2(N)CC2)CC1. The van der Waals surface area contributed by atoms with Crippen molar-refractivity contribution < 1.29 is 9.53 Å². The molecular weight excluding hydrogens is 278 g/mol. The molecule has 128 valence electrons. The van der Waals surface area contributed by atoms with Crippen molar-refractivity contribution in [2.24, 2.45) is 11.1 Å². The van der Waals surface area contributed by atoms with E-state index in [1.54, 1.807) is 0 Å². The van der Waals surface area contributed by atoms with E-state index in [1.165, 1.54) is 0 Å². The minimum Gasteiger partial charge on any atom is -0.444 e. The van der Waals surface area contributed by atoms with Crippen LogP contribution in [-0.2, 0) is 4.74 Å². The zero-order valence-corrected chi connectivity index (χ0v) is 14.9. The highest BCUT2D eigenvalue weighted by Gasteiger charge is 2.50. The molecule has 0 aromatic heterocycles. The Kier molecular flexibility index (Phi) is 4.79. The maximum atomic E-state index is 12.0. The van der Waals surface area contributed by atoms with Gasteiger partial charge in [-0.05, 0) is 52.0 Å². The fourth-order valence-electron chi connectivity index (χ4n) is 2.98. The van der Waals surface area contributed by atoms with Crippen molar-refractivity contribution in [1.82, 2.24) is 9.80 Å². The van der Waals surface area contributed by atoms with Gasteiger partial charge in [0.25, 0.3) is 0 Å². The number of hydrogen-bond acceptors (Lipinski definition) is 4. The van der Waals surface area contributed by atoms with Gasteiger partial charge in [0.2, 0.25) is 0 Å². The van der Waals surface area contributed by atoms with Gasteiger partial charge in [-0.3, -0.25) is 4.90 Å². The normalized spacial score (nSPS) is 22.5. The van der Waals surface area contributed by atoms with Crippen molar-refractivity contribution in [2.45, 2.75) is 65.0 Å². The topological polar surface area (TPSA) is 58.8 Å². The molecular formula is C17H33N3O2. The first-order valence-corrected chi connectivity index (χ1v) is 8.52. The highest BCUT2D eigenvalue weighted by atomic mass is 16.6. The Balaban J connectivity index is 1.72. The van der Waals surface area contributed by atoms with E-state index < -0.39 is 5.60 Å². The van der Waals surface area contributed by atoms with E-state index in [0.717, 1.165) is 52.0 Å². The summed E-state index contributed by atoms with van der Waals surface area (Å²) in [4.78, 5) is 16.3. The molecule has 2 rings (SSSR count). The second kappa shape index (κ2) is 6.00. The third-order valence-corrected chi connectivity index (χ3v) is 5.21. The number of carbonyl (C=O) groups is 1. The average Bonchev–Trinajstić information content (AvgIpc) is 3.15. The lowest BCUT2D eigenvalue weighted by Crippen LogP contribution is -2.51. The van der Waals surface area contributed by atoms with Crippen molar-refractivity contribution in [2.75, 3.05) is 32.7 Å². The molecule has 1 aliphatic carbocycles. The van der Waals surface area contributed by atoms with Crippen LogP contribution in [0.5, 0.6) is 0 Å². The Morgan fingerprint density at radius 1 is 1.09 bits per heavy atom. The number of piperazine rings is 1. The maximum absolute atomic E-state index is 12.0. The molecule has 0 aromatic rings. The molecule has 5 nitrogen and oxygen atoms in total. The van der Waals surface area contributed by atoms with E-state index >= 15 is 0 Å². The summed E-state index contributed by atoms with van der Waals surface area (Å²) in [6, 6.07) is 0. The summed E-state index contributed by atoms with van der Waals surface area (Å²) in [5.74, 6) is 0. The zero-order chi connectivity index (χ0) is 16.6. The zero-order valence-electron chi connectivity index (χ0n) is 14.9. The van der Waals surface area contributed by atoms with Crippen molar-refractivity contribution in [3.05, 3.63) is 0 Å². The van der Waals surface area contributed by atoms with Gasteiger partial charge >= 0.3 is 6.09 Å². The predicted molar refractivity (Wildman–Crippen MR) is 88.8 cm³/mol. The average molecular weight is 311 g/mol. The summed E-state index contributed by atoms with van der Waals surface area (Å²) in [5.41, 5.74) is 6.22. The van der Waals surface area contributed by atoms with Gasteiger partial charge in [-0.25, -0.2) is 4.79 Å². The van der Waals surface area contributed by atoms with E-state index in [2.05, 4.69) is 18.7 Å². The van der Waals surface area contributed by atoms with Crippen LogP contribution in [0.25, 0.3) is 0 Å². The first-order valence-electron chi connectivity index (χ1n) is 8.52. The van der Waals surface area contributed by atoms with Gasteiger partial charge in [0.05, 0.1) is 0 Å². The lowest BCUT2D eigenvalue weighted by molar-refractivity contribution is 0.0134. The van der Waals surface area contributed by atoms with Crippen molar-refractivity contribution >= 4 is 6.09 Å². The summed E-state index contributed by atoms with van der Waals surface area (Å²) >= 11 is 0. The molecule has 0 radical (unpaired) electrons. The van der Waals surface area contributed by atoms with Crippen molar-refractivity contribution in [1.29, 1.82) is 0 Å². The third-order valence-electron chi connectivity index (χ3n) is 5.21. The smallest absolute Gasteiger partial charge is 0.410 e. The van der Waals surface area contributed by atoms with Gasteiger partial charge in [-0.15, -0.1) is 0 Å². The van der Waals surface area contributed by atoms with Crippen LogP contribution in [0.4, 0.5) is 4.79 Å². The monoisotopic (exact) mass is 311 g/mol. The summed E-state index contributed by atoms with van der Waals surface area (Å²) in [7, 11) is 0. The second-order valence-corrected chi connectivity index (χ2v) is 8.60. The molecule has 0 aromatic carbocycles. The van der Waals surface area contributed by atoms with Crippen LogP contribution in [0.3, 0.4) is 0 Å². The van der Waals surface area contributed by atoms with Gasteiger partial charge in [-0.2, -0.15) is 0 Å². The second-order valence-electron chi connectivity index (χ2n) is 8.60. The number of amides is 1. The maximum Gasteiger partial charge on any atom is 0.410 e. The highest BCUT2D eigenvalue weighted by Crippen LogP contribution is 2.49. The van der Waals surface area contributed by atoms with Crippen LogP contribution in [0, 0.1) is 5.41 Å². The highest BCUT2D eigenvalue weighted by molar-refractivity contribution is 5.68. The van der Waals surface area contributed by atoms with E-state index in [4.69, 9.17) is 10.5 Å². The van der Waals surface area contributed by atoms with Crippen molar-refractivity contribution in [3.8, 4) is 0 Å². The van der Waals surface area contributed by atoms with Gasteiger partial charge in [0, 0.05) is 31.7 Å². The molecule has 1 saturated carbocycles. The molecule has 0 atom stereocenters. The lowest BCUT2D eigenvalue weighted by Gasteiger charge is -2.38. The Morgan fingerprint density at radius 2 is 1.64 bits per heavy atom. The van der Waals surface area contributed by atoms with Crippen LogP contribution in [0.15, 0.2) is 0 Å². The van der Waals surface area contributed by atoms with Gasteiger partial charge < -0.3 is 15.4 Å². The number of nitrogens with two attached hydrogens (primary N) is 1. The molecule has 2 aliphatic rings. The summed E-state index contributed by atoms with van der Waals surface area (Å²) in [5, 5.41) is 0. The fourth-order valence-corrected chi connectivity index (χ4v) is 2.98. The number of rotatable bonds is 4. The molecule has 1 heterocycles. The molecule has 2 N–H and O–H groups in total. The number of hydrogen-bond donors (Lipinski definition) is 1. The van der Waals surface area contributed by atoms with Gasteiger partial charge in [-0.1, -0.05) is 13.8 Å². The predicted octanol–water partition coefficient (Wildman–Crippen LogP) is 2.45.